The molecule has 2 N–H and O–H groups in total. The third-order valence-corrected chi connectivity index (χ3v) is 4.01. The van der Waals surface area contributed by atoms with Gasteiger partial charge in [-0.2, -0.15) is 0 Å². The summed E-state index contributed by atoms with van der Waals surface area (Å²) in [6.07, 6.45) is -0.377. The van der Waals surface area contributed by atoms with Crippen LogP contribution in [0.1, 0.15) is 39.0 Å². The Bertz CT molecular complexity index is 674. The van der Waals surface area contributed by atoms with Crippen LogP contribution in [-0.4, -0.2) is 28.8 Å². The first-order valence-electron chi connectivity index (χ1n) is 8.42. The fourth-order valence-electron chi connectivity index (χ4n) is 2.85. The molecule has 0 aliphatic carbocycles. The zero-order valence-corrected chi connectivity index (χ0v) is 15.6. The van der Waals surface area contributed by atoms with E-state index in [2.05, 4.69) is 53.4 Å². The van der Waals surface area contributed by atoms with Crippen molar-refractivity contribution in [2.24, 2.45) is 7.05 Å². The Morgan fingerprint density at radius 1 is 1.29 bits per heavy atom. The minimum absolute atomic E-state index is 0.00478. The number of aryl methyl sites for hydroxylation is 2. The Morgan fingerprint density at radius 3 is 2.58 bits per heavy atom. The van der Waals surface area contributed by atoms with Crippen molar-refractivity contribution in [3.8, 4) is 0 Å². The molecule has 1 aromatic carbocycles. The van der Waals surface area contributed by atoms with Gasteiger partial charge in [0.25, 0.3) is 0 Å². The smallest absolute Gasteiger partial charge is 0.407 e. The summed E-state index contributed by atoms with van der Waals surface area (Å²) in [6.45, 7) is 11.1. The van der Waals surface area contributed by atoms with Crippen molar-refractivity contribution < 1.29 is 9.53 Å². The molecule has 0 spiro atoms. The SMILES string of the molecule is Cc1c(CNCC(C)NC(=O)OC(C)(C)C)n(C)c2ccccc12. The van der Waals surface area contributed by atoms with Crippen LogP contribution < -0.4 is 10.6 Å². The number of hydrogen-bond acceptors (Lipinski definition) is 3. The normalized spacial score (nSPS) is 13.1. The molecule has 0 radical (unpaired) electrons. The van der Waals surface area contributed by atoms with Gasteiger partial charge in [0.05, 0.1) is 0 Å². The number of nitrogens with zero attached hydrogens (tertiary/aromatic N) is 1. The molecule has 5 heteroatoms. The van der Waals surface area contributed by atoms with Crippen molar-refractivity contribution >= 4 is 17.0 Å². The highest BCUT2D eigenvalue weighted by atomic mass is 16.6. The van der Waals surface area contributed by atoms with Crippen molar-refractivity contribution in [1.29, 1.82) is 0 Å². The molecule has 1 aromatic heterocycles. The molecular weight excluding hydrogens is 302 g/mol. The summed E-state index contributed by atoms with van der Waals surface area (Å²) >= 11 is 0. The molecule has 0 fully saturated rings. The van der Waals surface area contributed by atoms with Crippen molar-refractivity contribution in [3.63, 3.8) is 0 Å². The average Bonchev–Trinajstić information content (AvgIpc) is 2.70. The minimum Gasteiger partial charge on any atom is -0.444 e. The second-order valence-electron chi connectivity index (χ2n) is 7.33. The van der Waals surface area contributed by atoms with Crippen LogP contribution in [0.3, 0.4) is 0 Å². The molecule has 0 bridgehead atoms. The van der Waals surface area contributed by atoms with Crippen molar-refractivity contribution in [1.82, 2.24) is 15.2 Å². The van der Waals surface area contributed by atoms with E-state index >= 15 is 0 Å². The number of ether oxygens (including phenoxy) is 1. The predicted molar refractivity (Wildman–Crippen MR) is 98.2 cm³/mol. The van der Waals surface area contributed by atoms with Crippen LogP contribution in [-0.2, 0) is 18.3 Å². The zero-order chi connectivity index (χ0) is 17.9. The number of nitrogens with one attached hydrogen (secondary N) is 2. The zero-order valence-electron chi connectivity index (χ0n) is 15.6. The summed E-state index contributed by atoms with van der Waals surface area (Å²) in [7, 11) is 2.09. The summed E-state index contributed by atoms with van der Waals surface area (Å²) in [5, 5.41) is 7.56. The molecule has 1 atom stereocenters. The third kappa shape index (κ3) is 4.51. The van der Waals surface area contributed by atoms with Gasteiger partial charge in [0, 0.05) is 42.8 Å². The van der Waals surface area contributed by atoms with Crippen LogP contribution >= 0.6 is 0 Å². The number of carbonyl (C=O) groups excluding carboxylic acids is 1. The van der Waals surface area contributed by atoms with Gasteiger partial charge in [-0.3, -0.25) is 0 Å². The van der Waals surface area contributed by atoms with Gasteiger partial charge in [0.1, 0.15) is 5.60 Å². The summed E-state index contributed by atoms with van der Waals surface area (Å²) < 4.78 is 7.49. The number of amides is 1. The molecule has 0 aliphatic heterocycles. The Balaban J connectivity index is 1.89. The lowest BCUT2D eigenvalue weighted by molar-refractivity contribution is 0.0508. The second kappa shape index (κ2) is 7.26. The van der Waals surface area contributed by atoms with Crippen molar-refractivity contribution in [2.75, 3.05) is 6.54 Å². The molecule has 2 rings (SSSR count). The van der Waals surface area contributed by atoms with Crippen LogP contribution in [0.4, 0.5) is 4.79 Å². The van der Waals surface area contributed by atoms with Gasteiger partial charge >= 0.3 is 6.09 Å². The maximum Gasteiger partial charge on any atom is 0.407 e. The topological polar surface area (TPSA) is 55.3 Å². The largest absolute Gasteiger partial charge is 0.444 e. The molecule has 24 heavy (non-hydrogen) atoms. The fraction of sp³-hybridized carbons (Fsp3) is 0.526. The van der Waals surface area contributed by atoms with Gasteiger partial charge in [-0.15, -0.1) is 0 Å². The van der Waals surface area contributed by atoms with E-state index in [4.69, 9.17) is 4.74 Å². The maximum absolute atomic E-state index is 11.8. The molecule has 132 valence electrons. The van der Waals surface area contributed by atoms with Gasteiger partial charge in [0.2, 0.25) is 0 Å². The standard InChI is InChI=1S/C19H29N3O2/c1-13(21-18(23)24-19(3,4)5)11-20-12-17-14(2)15-9-7-8-10-16(15)22(17)6/h7-10,13,20H,11-12H2,1-6H3,(H,21,23). The molecular formula is C19H29N3O2. The van der Waals surface area contributed by atoms with E-state index in [0.29, 0.717) is 6.54 Å². The monoisotopic (exact) mass is 331 g/mol. The molecule has 1 heterocycles. The molecule has 1 amide bonds. The highest BCUT2D eigenvalue weighted by Crippen LogP contribution is 2.24. The number of alkyl carbamates (subject to hydrolysis) is 1. The van der Waals surface area contributed by atoms with E-state index in [1.165, 1.54) is 22.2 Å². The van der Waals surface area contributed by atoms with Crippen molar-refractivity contribution in [3.05, 3.63) is 35.5 Å². The summed E-state index contributed by atoms with van der Waals surface area (Å²) in [4.78, 5) is 11.8. The van der Waals surface area contributed by atoms with Gasteiger partial charge in [0.15, 0.2) is 0 Å². The summed E-state index contributed by atoms with van der Waals surface area (Å²) in [6, 6.07) is 8.42. The number of para-hydroxylation sites is 1. The lowest BCUT2D eigenvalue weighted by Gasteiger charge is -2.22. The second-order valence-corrected chi connectivity index (χ2v) is 7.33. The van der Waals surface area contributed by atoms with E-state index < -0.39 is 5.60 Å². The summed E-state index contributed by atoms with van der Waals surface area (Å²) in [5.41, 5.74) is 3.33. The Hall–Kier alpha value is -2.01. The van der Waals surface area contributed by atoms with E-state index in [1.54, 1.807) is 0 Å². The average molecular weight is 331 g/mol. The van der Waals surface area contributed by atoms with Gasteiger partial charge in [-0.1, -0.05) is 18.2 Å². The quantitative estimate of drug-likeness (QED) is 0.882. The highest BCUT2D eigenvalue weighted by Gasteiger charge is 2.17. The molecule has 5 nitrogen and oxygen atoms in total. The first-order chi connectivity index (χ1) is 11.2. The molecule has 0 saturated heterocycles. The molecule has 2 aromatic rings. The Morgan fingerprint density at radius 2 is 1.96 bits per heavy atom. The van der Waals surface area contributed by atoms with Gasteiger partial charge in [-0.25, -0.2) is 4.79 Å². The third-order valence-electron chi connectivity index (χ3n) is 4.01. The van der Waals surface area contributed by atoms with E-state index in [1.807, 2.05) is 27.7 Å². The number of rotatable bonds is 5. The number of carbonyl (C=O) groups is 1. The number of aromatic nitrogens is 1. The van der Waals surface area contributed by atoms with Crippen LogP contribution in [0.15, 0.2) is 24.3 Å². The fourth-order valence-corrected chi connectivity index (χ4v) is 2.85. The first kappa shape index (κ1) is 18.3. The van der Waals surface area contributed by atoms with Crippen LogP contribution in [0, 0.1) is 6.92 Å². The molecule has 0 aliphatic rings. The maximum atomic E-state index is 11.8. The van der Waals surface area contributed by atoms with E-state index in [-0.39, 0.29) is 12.1 Å². The van der Waals surface area contributed by atoms with E-state index in [0.717, 1.165) is 6.54 Å². The predicted octanol–water partition coefficient (Wildman–Crippen LogP) is 3.49. The highest BCUT2D eigenvalue weighted by molar-refractivity contribution is 5.85. The van der Waals surface area contributed by atoms with E-state index in [9.17, 15) is 4.79 Å². The van der Waals surface area contributed by atoms with Crippen LogP contribution in [0.25, 0.3) is 10.9 Å². The number of benzene rings is 1. The number of fused-ring (bicyclic) bond motifs is 1. The molecule has 1 unspecified atom stereocenters. The van der Waals surface area contributed by atoms with Crippen LogP contribution in [0.2, 0.25) is 0 Å². The van der Waals surface area contributed by atoms with Crippen molar-refractivity contribution in [2.45, 2.75) is 52.8 Å². The Labute approximate surface area is 144 Å². The molecule has 0 saturated carbocycles. The number of hydrogen-bond donors (Lipinski definition) is 2. The lowest BCUT2D eigenvalue weighted by atomic mass is 10.1. The summed E-state index contributed by atoms with van der Waals surface area (Å²) in [5.74, 6) is 0. The lowest BCUT2D eigenvalue weighted by Crippen LogP contribution is -2.42. The first-order valence-corrected chi connectivity index (χ1v) is 8.42. The Kier molecular flexibility index (Phi) is 5.54. The van der Waals surface area contributed by atoms with Crippen LogP contribution in [0.5, 0.6) is 0 Å². The van der Waals surface area contributed by atoms with Gasteiger partial charge in [-0.05, 0) is 46.2 Å². The van der Waals surface area contributed by atoms with Gasteiger partial charge < -0.3 is 19.9 Å². The minimum atomic E-state index is -0.475.